The highest BCUT2D eigenvalue weighted by Gasteiger charge is 1.95. The summed E-state index contributed by atoms with van der Waals surface area (Å²) in [6.45, 7) is 4.17. The SMILES string of the molecule is CSN(C)C=Nc1ccc(C)cc1C. The Kier molecular flexibility index (Phi) is 4.01. The first-order chi connectivity index (χ1) is 6.63. The molecule has 0 saturated carbocycles. The van der Waals surface area contributed by atoms with E-state index in [2.05, 4.69) is 37.0 Å². The van der Waals surface area contributed by atoms with Gasteiger partial charge in [0.15, 0.2) is 0 Å². The van der Waals surface area contributed by atoms with Gasteiger partial charge < -0.3 is 4.31 Å². The number of hydrogen-bond donors (Lipinski definition) is 0. The zero-order chi connectivity index (χ0) is 10.6. The van der Waals surface area contributed by atoms with E-state index in [1.165, 1.54) is 11.1 Å². The predicted octanol–water partition coefficient (Wildman–Crippen LogP) is 3.17. The number of aryl methyl sites for hydroxylation is 2. The van der Waals surface area contributed by atoms with Gasteiger partial charge >= 0.3 is 0 Å². The Hall–Kier alpha value is -0.960. The minimum atomic E-state index is 1.04. The number of hydrogen-bond acceptors (Lipinski definition) is 2. The van der Waals surface area contributed by atoms with Crippen molar-refractivity contribution in [3.05, 3.63) is 29.3 Å². The molecule has 0 saturated heterocycles. The Morgan fingerprint density at radius 1 is 1.36 bits per heavy atom. The summed E-state index contributed by atoms with van der Waals surface area (Å²) < 4.78 is 1.97. The Bertz CT molecular complexity index is 334. The second-order valence-electron chi connectivity index (χ2n) is 3.26. The van der Waals surface area contributed by atoms with Gasteiger partial charge in [-0.05, 0) is 25.5 Å². The number of benzene rings is 1. The molecule has 0 radical (unpaired) electrons. The highest BCUT2D eigenvalue weighted by Crippen LogP contribution is 2.19. The molecule has 1 rings (SSSR count). The van der Waals surface area contributed by atoms with Gasteiger partial charge in [0, 0.05) is 13.3 Å². The van der Waals surface area contributed by atoms with Crippen LogP contribution in [0.1, 0.15) is 11.1 Å². The van der Waals surface area contributed by atoms with Crippen LogP contribution in [-0.4, -0.2) is 23.9 Å². The van der Waals surface area contributed by atoms with Gasteiger partial charge in [0.2, 0.25) is 0 Å². The van der Waals surface area contributed by atoms with Crippen LogP contribution in [0, 0.1) is 13.8 Å². The van der Waals surface area contributed by atoms with Crippen molar-refractivity contribution in [2.45, 2.75) is 13.8 Å². The van der Waals surface area contributed by atoms with E-state index in [0.717, 1.165) is 5.69 Å². The fourth-order valence-electron chi connectivity index (χ4n) is 1.14. The number of nitrogens with zero attached hydrogens (tertiary/aromatic N) is 2. The Labute approximate surface area is 90.2 Å². The van der Waals surface area contributed by atoms with E-state index in [1.54, 1.807) is 11.9 Å². The Morgan fingerprint density at radius 3 is 2.64 bits per heavy atom. The lowest BCUT2D eigenvalue weighted by Gasteiger charge is -2.07. The average Bonchev–Trinajstić information content (AvgIpc) is 2.16. The van der Waals surface area contributed by atoms with E-state index in [1.807, 2.05) is 23.9 Å². The number of aliphatic imine (C=N–C) groups is 1. The lowest BCUT2D eigenvalue weighted by Crippen LogP contribution is -2.03. The standard InChI is InChI=1S/C11H16N2S/c1-9-5-6-11(10(2)7-9)12-8-13(3)14-4/h5-8H,1-4H3. The van der Waals surface area contributed by atoms with E-state index in [-0.39, 0.29) is 0 Å². The van der Waals surface area contributed by atoms with Gasteiger partial charge in [-0.1, -0.05) is 29.6 Å². The maximum Gasteiger partial charge on any atom is 0.101 e. The molecule has 0 amide bonds. The smallest absolute Gasteiger partial charge is 0.101 e. The molecule has 0 atom stereocenters. The molecule has 0 aliphatic heterocycles. The van der Waals surface area contributed by atoms with Gasteiger partial charge in [-0.25, -0.2) is 4.99 Å². The van der Waals surface area contributed by atoms with Crippen molar-refractivity contribution in [3.63, 3.8) is 0 Å². The summed E-state index contributed by atoms with van der Waals surface area (Å²) in [6.07, 6.45) is 3.86. The van der Waals surface area contributed by atoms with E-state index >= 15 is 0 Å². The molecule has 0 bridgehead atoms. The molecule has 0 heterocycles. The largest absolute Gasteiger partial charge is 0.310 e. The highest BCUT2D eigenvalue weighted by atomic mass is 32.2. The quantitative estimate of drug-likeness (QED) is 0.431. The molecule has 14 heavy (non-hydrogen) atoms. The maximum absolute atomic E-state index is 4.40. The monoisotopic (exact) mass is 208 g/mol. The molecule has 0 aliphatic carbocycles. The van der Waals surface area contributed by atoms with Crippen molar-refractivity contribution >= 4 is 24.0 Å². The molecule has 0 N–H and O–H groups in total. The van der Waals surface area contributed by atoms with Gasteiger partial charge in [-0.3, -0.25) is 0 Å². The molecule has 0 fully saturated rings. The van der Waals surface area contributed by atoms with Crippen molar-refractivity contribution in [3.8, 4) is 0 Å². The summed E-state index contributed by atoms with van der Waals surface area (Å²) in [7, 11) is 1.98. The lowest BCUT2D eigenvalue weighted by atomic mass is 10.1. The molecular formula is C11H16N2S. The van der Waals surface area contributed by atoms with Crippen LogP contribution in [0.3, 0.4) is 0 Å². The molecule has 0 aliphatic rings. The van der Waals surface area contributed by atoms with Gasteiger partial charge in [-0.2, -0.15) is 0 Å². The second-order valence-corrected chi connectivity index (χ2v) is 4.20. The molecular weight excluding hydrogens is 192 g/mol. The fourth-order valence-corrected chi connectivity index (χ4v) is 1.28. The first-order valence-electron chi connectivity index (χ1n) is 4.52. The van der Waals surface area contributed by atoms with Gasteiger partial charge in [-0.15, -0.1) is 0 Å². The van der Waals surface area contributed by atoms with Crippen LogP contribution in [0.4, 0.5) is 5.69 Å². The van der Waals surface area contributed by atoms with Crippen molar-refractivity contribution < 1.29 is 0 Å². The van der Waals surface area contributed by atoms with Crippen LogP contribution in [0.5, 0.6) is 0 Å². The Balaban J connectivity index is 2.82. The minimum absolute atomic E-state index is 1.04. The molecule has 1 aromatic carbocycles. The first-order valence-corrected chi connectivity index (χ1v) is 5.70. The van der Waals surface area contributed by atoms with Crippen LogP contribution in [0.15, 0.2) is 23.2 Å². The van der Waals surface area contributed by atoms with E-state index in [9.17, 15) is 0 Å². The summed E-state index contributed by atoms with van der Waals surface area (Å²) in [5, 5.41) is 0. The van der Waals surface area contributed by atoms with E-state index in [0.29, 0.717) is 0 Å². The van der Waals surface area contributed by atoms with Crippen LogP contribution in [0.2, 0.25) is 0 Å². The molecule has 3 heteroatoms. The summed E-state index contributed by atoms with van der Waals surface area (Å²) in [4.78, 5) is 4.40. The summed E-state index contributed by atoms with van der Waals surface area (Å²) in [5.41, 5.74) is 3.53. The molecule has 0 spiro atoms. The third-order valence-electron chi connectivity index (χ3n) is 2.00. The minimum Gasteiger partial charge on any atom is -0.310 e. The first kappa shape index (κ1) is 11.1. The summed E-state index contributed by atoms with van der Waals surface area (Å²) in [6, 6.07) is 6.28. The Morgan fingerprint density at radius 2 is 2.07 bits per heavy atom. The van der Waals surface area contributed by atoms with Gasteiger partial charge in [0.05, 0.1) is 5.69 Å². The summed E-state index contributed by atoms with van der Waals surface area (Å²) >= 11 is 1.64. The van der Waals surface area contributed by atoms with Crippen LogP contribution < -0.4 is 0 Å². The third kappa shape index (κ3) is 3.07. The maximum atomic E-state index is 4.40. The van der Waals surface area contributed by atoms with Crippen LogP contribution in [-0.2, 0) is 0 Å². The lowest BCUT2D eigenvalue weighted by molar-refractivity contribution is 0.875. The predicted molar refractivity (Wildman–Crippen MR) is 65.3 cm³/mol. The molecule has 2 nitrogen and oxygen atoms in total. The number of rotatable bonds is 3. The molecule has 1 aromatic rings. The van der Waals surface area contributed by atoms with Crippen molar-refractivity contribution in [2.24, 2.45) is 4.99 Å². The van der Waals surface area contributed by atoms with E-state index < -0.39 is 0 Å². The van der Waals surface area contributed by atoms with Gasteiger partial charge in [0.25, 0.3) is 0 Å². The normalized spacial score (nSPS) is 10.9. The molecule has 76 valence electrons. The topological polar surface area (TPSA) is 15.6 Å². The van der Waals surface area contributed by atoms with Crippen LogP contribution >= 0.6 is 11.9 Å². The zero-order valence-electron chi connectivity index (χ0n) is 9.11. The van der Waals surface area contributed by atoms with Gasteiger partial charge in [0.1, 0.15) is 6.34 Å². The van der Waals surface area contributed by atoms with Crippen LogP contribution in [0.25, 0.3) is 0 Å². The molecule has 0 aromatic heterocycles. The van der Waals surface area contributed by atoms with E-state index in [4.69, 9.17) is 0 Å². The second kappa shape index (κ2) is 5.05. The van der Waals surface area contributed by atoms with Crippen molar-refractivity contribution in [1.29, 1.82) is 0 Å². The zero-order valence-corrected chi connectivity index (χ0v) is 9.93. The highest BCUT2D eigenvalue weighted by molar-refractivity contribution is 7.96. The van der Waals surface area contributed by atoms with Crippen molar-refractivity contribution in [1.82, 2.24) is 4.31 Å². The third-order valence-corrected chi connectivity index (χ3v) is 2.67. The fraction of sp³-hybridized carbons (Fsp3) is 0.364. The molecule has 0 unspecified atom stereocenters. The van der Waals surface area contributed by atoms with Crippen molar-refractivity contribution in [2.75, 3.05) is 13.3 Å². The summed E-state index contributed by atoms with van der Waals surface area (Å²) in [5.74, 6) is 0. The average molecular weight is 208 g/mol.